The summed E-state index contributed by atoms with van der Waals surface area (Å²) in [7, 11) is 0. The Hall–Kier alpha value is -1.36. The third kappa shape index (κ3) is 3.71. The summed E-state index contributed by atoms with van der Waals surface area (Å²) in [5.74, 6) is 0. The summed E-state index contributed by atoms with van der Waals surface area (Å²) < 4.78 is 0. The van der Waals surface area contributed by atoms with Gasteiger partial charge in [-0.1, -0.05) is 13.0 Å². The van der Waals surface area contributed by atoms with E-state index in [2.05, 4.69) is 15.6 Å². The zero-order chi connectivity index (χ0) is 9.52. The predicted molar refractivity (Wildman–Crippen MR) is 53.7 cm³/mol. The Morgan fingerprint density at radius 1 is 1.77 bits per heavy atom. The van der Waals surface area contributed by atoms with Crippen molar-refractivity contribution in [3.8, 4) is 0 Å². The van der Waals surface area contributed by atoms with Crippen molar-refractivity contribution in [2.45, 2.75) is 13.3 Å². The number of anilines is 1. The van der Waals surface area contributed by atoms with Crippen LogP contribution in [0.25, 0.3) is 0 Å². The lowest BCUT2D eigenvalue weighted by Gasteiger charge is -1.98. The Kier molecular flexibility index (Phi) is 3.98. The maximum atomic E-state index is 11.1. The molecule has 0 aliphatic heterocycles. The van der Waals surface area contributed by atoms with Gasteiger partial charge in [0.05, 0.1) is 0 Å². The maximum Gasteiger partial charge on any atom is 0.324 e. The first kappa shape index (κ1) is 9.73. The summed E-state index contributed by atoms with van der Waals surface area (Å²) in [6, 6.07) is -0.264. The number of hydrogen-bond donors (Lipinski definition) is 2. The van der Waals surface area contributed by atoms with Crippen LogP contribution in [0.15, 0.2) is 23.9 Å². The second kappa shape index (κ2) is 5.31. The molecule has 0 aromatic carbocycles. The fourth-order valence-corrected chi connectivity index (χ4v) is 1.19. The minimum absolute atomic E-state index is 0.264. The van der Waals surface area contributed by atoms with Crippen molar-refractivity contribution in [1.29, 1.82) is 0 Å². The summed E-state index contributed by atoms with van der Waals surface area (Å²) in [5, 5.41) is 7.55. The summed E-state index contributed by atoms with van der Waals surface area (Å²) in [6.07, 6.45) is 6.02. The molecule has 0 saturated carbocycles. The molecule has 1 aromatic heterocycles. The summed E-state index contributed by atoms with van der Waals surface area (Å²) in [6.45, 7) is 2.00. The first-order valence-electron chi connectivity index (χ1n) is 3.95. The van der Waals surface area contributed by atoms with Crippen LogP contribution >= 0.6 is 11.3 Å². The highest BCUT2D eigenvalue weighted by Gasteiger charge is 1.99. The normalized spacial score (nSPS) is 10.2. The van der Waals surface area contributed by atoms with Gasteiger partial charge >= 0.3 is 6.03 Å². The predicted octanol–water partition coefficient (Wildman–Crippen LogP) is 2.19. The lowest BCUT2D eigenvalue weighted by atomic mass is 10.5. The van der Waals surface area contributed by atoms with E-state index in [-0.39, 0.29) is 6.03 Å². The SMILES string of the molecule is CC/C=C/NC(=O)Nc1nccs1. The van der Waals surface area contributed by atoms with Gasteiger partial charge < -0.3 is 5.32 Å². The zero-order valence-corrected chi connectivity index (χ0v) is 8.10. The first-order chi connectivity index (χ1) is 6.33. The monoisotopic (exact) mass is 197 g/mol. The number of hydrogen-bond acceptors (Lipinski definition) is 3. The average molecular weight is 197 g/mol. The molecule has 4 nitrogen and oxygen atoms in total. The molecule has 0 saturated heterocycles. The molecule has 0 fully saturated rings. The topological polar surface area (TPSA) is 54.0 Å². The molecule has 0 spiro atoms. The van der Waals surface area contributed by atoms with Crippen LogP contribution in [-0.2, 0) is 0 Å². The van der Waals surface area contributed by atoms with Gasteiger partial charge in [0, 0.05) is 17.8 Å². The lowest BCUT2D eigenvalue weighted by molar-refractivity contribution is 0.255. The van der Waals surface area contributed by atoms with Crippen LogP contribution in [0.2, 0.25) is 0 Å². The van der Waals surface area contributed by atoms with Crippen molar-refractivity contribution in [3.63, 3.8) is 0 Å². The number of urea groups is 1. The van der Waals surface area contributed by atoms with E-state index in [1.165, 1.54) is 11.3 Å². The van der Waals surface area contributed by atoms with E-state index in [0.717, 1.165) is 6.42 Å². The molecule has 1 aromatic rings. The fraction of sp³-hybridized carbons (Fsp3) is 0.250. The fourth-order valence-electron chi connectivity index (χ4n) is 0.671. The minimum atomic E-state index is -0.264. The van der Waals surface area contributed by atoms with Gasteiger partial charge in [-0.05, 0) is 6.42 Å². The van der Waals surface area contributed by atoms with Gasteiger partial charge in [-0.3, -0.25) is 5.32 Å². The second-order valence-electron chi connectivity index (χ2n) is 2.25. The molecule has 0 aliphatic rings. The summed E-state index contributed by atoms with van der Waals surface area (Å²) in [5.41, 5.74) is 0. The standard InChI is InChI=1S/C8H11N3OS/c1-2-3-4-9-7(12)11-8-10-5-6-13-8/h3-6H,2H2,1H3,(H2,9,10,11,12)/b4-3+. The Morgan fingerprint density at radius 2 is 2.62 bits per heavy atom. The molecular weight excluding hydrogens is 186 g/mol. The maximum absolute atomic E-state index is 11.1. The molecule has 5 heteroatoms. The van der Waals surface area contributed by atoms with Crippen molar-refractivity contribution in [2.24, 2.45) is 0 Å². The number of carbonyl (C=O) groups is 1. The van der Waals surface area contributed by atoms with Crippen molar-refractivity contribution in [1.82, 2.24) is 10.3 Å². The van der Waals surface area contributed by atoms with E-state index < -0.39 is 0 Å². The molecule has 0 aliphatic carbocycles. The molecule has 13 heavy (non-hydrogen) atoms. The quantitative estimate of drug-likeness (QED) is 0.780. The number of rotatable bonds is 3. The molecule has 0 unspecified atom stereocenters. The van der Waals surface area contributed by atoms with Gasteiger partial charge in [0.15, 0.2) is 5.13 Å². The number of nitrogens with zero attached hydrogens (tertiary/aromatic N) is 1. The van der Waals surface area contributed by atoms with Crippen LogP contribution in [-0.4, -0.2) is 11.0 Å². The molecule has 0 radical (unpaired) electrons. The van der Waals surface area contributed by atoms with E-state index in [9.17, 15) is 4.79 Å². The molecule has 2 amide bonds. The summed E-state index contributed by atoms with van der Waals surface area (Å²) in [4.78, 5) is 15.0. The third-order valence-electron chi connectivity index (χ3n) is 1.22. The molecule has 1 rings (SSSR count). The zero-order valence-electron chi connectivity index (χ0n) is 7.28. The number of carbonyl (C=O) groups excluding carboxylic acids is 1. The van der Waals surface area contributed by atoms with Crippen LogP contribution in [0, 0.1) is 0 Å². The second-order valence-corrected chi connectivity index (χ2v) is 3.14. The van der Waals surface area contributed by atoms with Gasteiger partial charge in [0.2, 0.25) is 0 Å². The van der Waals surface area contributed by atoms with Crippen LogP contribution in [0.4, 0.5) is 9.93 Å². The molecule has 2 N–H and O–H groups in total. The van der Waals surface area contributed by atoms with E-state index in [1.807, 2.05) is 13.0 Å². The Morgan fingerprint density at radius 3 is 3.23 bits per heavy atom. The van der Waals surface area contributed by atoms with Crippen molar-refractivity contribution in [3.05, 3.63) is 23.9 Å². The summed E-state index contributed by atoms with van der Waals surface area (Å²) >= 11 is 1.38. The molecular formula is C8H11N3OS. The van der Waals surface area contributed by atoms with Crippen molar-refractivity contribution < 1.29 is 4.79 Å². The van der Waals surface area contributed by atoms with E-state index in [0.29, 0.717) is 5.13 Å². The first-order valence-corrected chi connectivity index (χ1v) is 4.83. The van der Waals surface area contributed by atoms with E-state index in [1.54, 1.807) is 17.8 Å². The van der Waals surface area contributed by atoms with Gasteiger partial charge in [-0.2, -0.15) is 0 Å². The van der Waals surface area contributed by atoms with Gasteiger partial charge in [0.25, 0.3) is 0 Å². The Bertz CT molecular complexity index is 282. The molecule has 0 bridgehead atoms. The molecule has 1 heterocycles. The number of thiazole rings is 1. The third-order valence-corrected chi connectivity index (χ3v) is 1.91. The van der Waals surface area contributed by atoms with Crippen molar-refractivity contribution in [2.75, 3.05) is 5.32 Å². The van der Waals surface area contributed by atoms with Gasteiger partial charge in [0.1, 0.15) is 0 Å². The van der Waals surface area contributed by atoms with Crippen LogP contribution in [0.5, 0.6) is 0 Å². The number of nitrogens with one attached hydrogen (secondary N) is 2. The average Bonchev–Trinajstić information content (AvgIpc) is 2.57. The van der Waals surface area contributed by atoms with Crippen LogP contribution < -0.4 is 10.6 Å². The highest BCUT2D eigenvalue weighted by Crippen LogP contribution is 2.09. The van der Waals surface area contributed by atoms with Crippen LogP contribution in [0.3, 0.4) is 0 Å². The van der Waals surface area contributed by atoms with Gasteiger partial charge in [-0.15, -0.1) is 11.3 Å². The van der Waals surface area contributed by atoms with E-state index in [4.69, 9.17) is 0 Å². The molecule has 70 valence electrons. The minimum Gasteiger partial charge on any atom is -0.315 e. The smallest absolute Gasteiger partial charge is 0.315 e. The highest BCUT2D eigenvalue weighted by atomic mass is 32.1. The number of aromatic nitrogens is 1. The molecule has 0 atom stereocenters. The van der Waals surface area contributed by atoms with Gasteiger partial charge in [-0.25, -0.2) is 9.78 Å². The van der Waals surface area contributed by atoms with E-state index >= 15 is 0 Å². The lowest BCUT2D eigenvalue weighted by Crippen LogP contribution is -2.23. The Balaban J connectivity index is 2.30. The Labute approximate surface area is 80.7 Å². The highest BCUT2D eigenvalue weighted by molar-refractivity contribution is 7.13. The van der Waals surface area contributed by atoms with Crippen molar-refractivity contribution >= 4 is 22.5 Å². The number of allylic oxidation sites excluding steroid dienone is 1. The van der Waals surface area contributed by atoms with Crippen LogP contribution in [0.1, 0.15) is 13.3 Å². The number of amides is 2. The largest absolute Gasteiger partial charge is 0.324 e.